The molecule has 0 fully saturated rings. The number of H-pyrrole nitrogens is 1. The number of anilines is 1. The molecule has 0 aliphatic carbocycles. The number of aromatic amines is 1. The molecule has 2 aromatic heterocycles. The summed E-state index contributed by atoms with van der Waals surface area (Å²) < 4.78 is 16.1. The van der Waals surface area contributed by atoms with Gasteiger partial charge < -0.3 is 20.1 Å². The van der Waals surface area contributed by atoms with Gasteiger partial charge in [0.2, 0.25) is 5.96 Å². The van der Waals surface area contributed by atoms with Gasteiger partial charge in [0.1, 0.15) is 19.8 Å². The Morgan fingerprint density at radius 2 is 1.46 bits per heavy atom. The normalized spacial score (nSPS) is 10.6. The van der Waals surface area contributed by atoms with E-state index in [0.717, 1.165) is 6.92 Å². The summed E-state index contributed by atoms with van der Waals surface area (Å²) in [5.74, 6) is 3.16. The van der Waals surface area contributed by atoms with E-state index in [1.807, 2.05) is 5.32 Å². The number of nitrogens with two attached hydrogens (primary N) is 1. The zero-order valence-corrected chi connectivity index (χ0v) is 19.1. The number of nitrogens with zero attached hydrogens (tertiary/aromatic N) is 8. The zero-order chi connectivity index (χ0) is 27.4. The molecule has 0 spiro atoms. The van der Waals surface area contributed by atoms with Crippen LogP contribution in [0.4, 0.5) is 15.5 Å². The molecule has 0 atom stereocenters. The molecule has 2 aromatic rings. The molecule has 2 rings (SSSR count). The van der Waals surface area contributed by atoms with Crippen molar-refractivity contribution in [2.45, 2.75) is 26.6 Å². The van der Waals surface area contributed by atoms with E-state index in [0.29, 0.717) is 13.7 Å². The van der Waals surface area contributed by atoms with E-state index in [4.69, 9.17) is 25.5 Å². The molecule has 6 N–H and O–H groups in total. The highest BCUT2D eigenvalue weighted by Crippen LogP contribution is 1.92. The summed E-state index contributed by atoms with van der Waals surface area (Å²) in [7, 11) is 0. The molecule has 0 radical (unpaired) electrons. The Morgan fingerprint density at radius 1 is 0.946 bits per heavy atom. The highest BCUT2D eigenvalue weighted by Gasteiger charge is 2.17. The van der Waals surface area contributed by atoms with Crippen molar-refractivity contribution in [3.63, 3.8) is 0 Å². The van der Waals surface area contributed by atoms with Crippen LogP contribution in [0.15, 0.2) is 24.7 Å². The Hall–Kier alpha value is -5.44. The van der Waals surface area contributed by atoms with Crippen LogP contribution in [-0.2, 0) is 38.6 Å². The van der Waals surface area contributed by atoms with Crippen LogP contribution in [-0.4, -0.2) is 78.3 Å². The summed E-state index contributed by atoms with van der Waals surface area (Å²) in [6.45, 7) is -1.66. The fourth-order valence-corrected chi connectivity index (χ4v) is 2.55. The number of carbonyl (C=O) groups excluding carboxylic acids is 3. The van der Waals surface area contributed by atoms with Gasteiger partial charge in [0.05, 0.1) is 19.6 Å². The summed E-state index contributed by atoms with van der Waals surface area (Å²) in [4.78, 5) is 72.8. The third-order valence-corrected chi connectivity index (χ3v) is 4.04. The Kier molecular flexibility index (Phi) is 10.1. The van der Waals surface area contributed by atoms with Crippen molar-refractivity contribution in [1.29, 1.82) is 5.41 Å². The Labute approximate surface area is 203 Å². The molecule has 2 heterocycles. The molecule has 2 amide bonds. The van der Waals surface area contributed by atoms with Gasteiger partial charge in [-0.1, -0.05) is 15.4 Å². The van der Waals surface area contributed by atoms with Gasteiger partial charge in [-0.05, 0) is 5.21 Å². The largest absolute Gasteiger partial charge is 0.464 e. The van der Waals surface area contributed by atoms with Crippen LogP contribution in [0.25, 0.3) is 0 Å². The van der Waals surface area contributed by atoms with Crippen molar-refractivity contribution in [3.8, 4) is 0 Å². The first kappa shape index (κ1) is 27.8. The van der Waals surface area contributed by atoms with E-state index in [9.17, 15) is 28.8 Å². The van der Waals surface area contributed by atoms with Crippen molar-refractivity contribution in [2.24, 2.45) is 16.2 Å². The van der Waals surface area contributed by atoms with Crippen LogP contribution in [0.3, 0.4) is 0 Å². The fraction of sp³-hybridized carbons (Fsp3) is 0.467. The second-order valence-electron chi connectivity index (χ2n) is 6.46. The molecule has 22 heteroatoms. The molecule has 0 bridgehead atoms. The second-order valence-corrected chi connectivity index (χ2v) is 6.46. The third-order valence-electron chi connectivity index (χ3n) is 4.04. The number of ether oxygens (including phenoxy) is 3. The molecule has 37 heavy (non-hydrogen) atoms. The van der Waals surface area contributed by atoms with Crippen molar-refractivity contribution in [3.05, 3.63) is 31.5 Å². The number of rotatable bonds is 10. The number of hydrogen-bond acceptors (Lipinski definition) is 14. The van der Waals surface area contributed by atoms with Gasteiger partial charge in [-0.2, -0.15) is 5.21 Å². The predicted octanol–water partition coefficient (Wildman–Crippen LogP) is -3.52. The highest BCUT2D eigenvalue weighted by molar-refractivity contribution is 5.92. The Balaban J connectivity index is 2.18. The maximum absolute atomic E-state index is 12.8. The average Bonchev–Trinajstić information content (AvgIpc) is 3.33. The van der Waals surface area contributed by atoms with Gasteiger partial charge in [0, 0.05) is 6.92 Å². The van der Waals surface area contributed by atoms with Crippen LogP contribution >= 0.6 is 0 Å². The van der Waals surface area contributed by atoms with E-state index in [1.54, 1.807) is 0 Å². The monoisotopic (exact) mass is 527 g/mol. The summed E-state index contributed by atoms with van der Waals surface area (Å²) in [6.07, 6.45) is -2.17. The molecule has 0 saturated heterocycles. The quantitative estimate of drug-likeness (QED) is 0.0381. The lowest BCUT2D eigenvalue weighted by Gasteiger charge is -2.14. The predicted molar refractivity (Wildman–Crippen MR) is 116 cm³/mol. The van der Waals surface area contributed by atoms with Gasteiger partial charge >= 0.3 is 35.2 Å². The Bertz CT molecular complexity index is 1320. The maximum Gasteiger partial charge on any atom is 0.414 e. The van der Waals surface area contributed by atoms with E-state index in [2.05, 4.69) is 36.3 Å². The van der Waals surface area contributed by atoms with Crippen LogP contribution < -0.4 is 33.5 Å². The molecule has 0 saturated carbocycles. The number of alkyl carbamates (subject to hydrolysis) is 1. The van der Waals surface area contributed by atoms with Crippen LogP contribution in [0.5, 0.6) is 0 Å². The lowest BCUT2D eigenvalue weighted by molar-refractivity contribution is -0.141. The minimum atomic E-state index is -1.16. The molecule has 0 aliphatic rings. The smallest absolute Gasteiger partial charge is 0.414 e. The van der Waals surface area contributed by atoms with Crippen molar-refractivity contribution in [2.75, 3.05) is 25.1 Å². The number of esters is 1. The zero-order valence-electron chi connectivity index (χ0n) is 19.1. The van der Waals surface area contributed by atoms with E-state index in [1.165, 1.54) is 0 Å². The molecular weight excluding hydrogens is 506 g/mol. The van der Waals surface area contributed by atoms with Gasteiger partial charge in [0.15, 0.2) is 0 Å². The molecule has 0 aliphatic heterocycles. The standard InChI is InChI=1S/C15H21N13O9/c1-8(29)35-5-2-26-13(32)27(3-6-36-11(30)18-9(16)20-23-17)15(34)28(14(26)33)4-7-37-12(31)19-10-21-24-25-22-10/h2-7H2,1H3,(H4,16,17,18,20,30)(H2,19,21,22,24,25,31). The lowest BCUT2D eigenvalue weighted by atomic mass is 10.5. The maximum atomic E-state index is 12.8. The first-order chi connectivity index (χ1) is 17.6. The summed E-state index contributed by atoms with van der Waals surface area (Å²) in [5, 5.41) is 29.3. The molecular formula is C15H21N13O9. The fourth-order valence-electron chi connectivity index (χ4n) is 2.55. The van der Waals surface area contributed by atoms with E-state index in [-0.39, 0.29) is 12.6 Å². The lowest BCUT2D eigenvalue weighted by Crippen LogP contribution is -2.55. The van der Waals surface area contributed by atoms with E-state index >= 15 is 0 Å². The number of nitrogens with one attached hydrogen (secondary N) is 4. The first-order valence-electron chi connectivity index (χ1n) is 10.0. The highest BCUT2D eigenvalue weighted by atomic mass is 16.6. The topological polar surface area (TPSA) is 298 Å². The molecule has 0 aromatic carbocycles. The first-order valence-corrected chi connectivity index (χ1v) is 10.0. The van der Waals surface area contributed by atoms with Crippen LogP contribution in [0.1, 0.15) is 6.92 Å². The number of carbonyl (C=O) groups is 3. The van der Waals surface area contributed by atoms with Crippen molar-refractivity contribution >= 4 is 30.1 Å². The summed E-state index contributed by atoms with van der Waals surface area (Å²) >= 11 is 0. The van der Waals surface area contributed by atoms with Gasteiger partial charge in [-0.25, -0.2) is 37.7 Å². The average molecular weight is 527 g/mol. The molecule has 0 unspecified atom stereocenters. The van der Waals surface area contributed by atoms with Crippen LogP contribution in [0, 0.1) is 5.41 Å². The van der Waals surface area contributed by atoms with Crippen molar-refractivity contribution in [1.82, 2.24) is 39.6 Å². The second kappa shape index (κ2) is 13.4. The number of hydrogen-bond donors (Lipinski definition) is 5. The van der Waals surface area contributed by atoms with E-state index < -0.39 is 74.0 Å². The van der Waals surface area contributed by atoms with Crippen LogP contribution in [0.2, 0.25) is 0 Å². The number of amides is 2. The third kappa shape index (κ3) is 8.37. The molecule has 200 valence electrons. The Morgan fingerprint density at radius 3 is 1.92 bits per heavy atom. The minimum Gasteiger partial charge on any atom is -0.464 e. The SMILES string of the molecule is CC(=O)OCCn1c(=O)n(CCOC(=O)NC(=N)N=NN)c(=O)n(CCOC(=O)Nc2nn[nH]n2)c1=O. The number of guanidine groups is 1. The summed E-state index contributed by atoms with van der Waals surface area (Å²) in [5.41, 5.74) is -3.25. The van der Waals surface area contributed by atoms with Gasteiger partial charge in [0.25, 0.3) is 5.95 Å². The molecule has 22 nitrogen and oxygen atoms in total. The minimum absolute atomic E-state index is 0.186. The number of tetrazole rings is 1. The van der Waals surface area contributed by atoms with Gasteiger partial charge in [-0.3, -0.25) is 20.8 Å². The number of aromatic nitrogens is 7. The van der Waals surface area contributed by atoms with Crippen molar-refractivity contribution < 1.29 is 28.6 Å². The van der Waals surface area contributed by atoms with Gasteiger partial charge in [-0.15, -0.1) is 5.10 Å². The summed E-state index contributed by atoms with van der Waals surface area (Å²) in [6, 6.07) is 0.